The maximum atomic E-state index is 6.44. The predicted molar refractivity (Wildman–Crippen MR) is 204 cm³/mol. The van der Waals surface area contributed by atoms with Crippen molar-refractivity contribution >= 4 is 44.9 Å². The molecule has 2 heterocycles. The molecule has 0 saturated heterocycles. The van der Waals surface area contributed by atoms with Gasteiger partial charge in [-0.05, 0) is 106 Å². The Morgan fingerprint density at radius 3 is 1.14 bits per heavy atom. The number of anilines is 6. The van der Waals surface area contributed by atoms with Crippen LogP contribution in [0.2, 0.25) is 0 Å². The minimum atomic E-state index is 0.832. The molecule has 0 unspecified atom stereocenters. The Balaban J connectivity index is 1.10. The molecule has 4 nitrogen and oxygen atoms in total. The second-order valence-corrected chi connectivity index (χ2v) is 12.6. The van der Waals surface area contributed by atoms with Crippen molar-refractivity contribution in [2.24, 2.45) is 0 Å². The average molecular weight is 643 g/mol. The topological polar surface area (TPSA) is 24.9 Å². The highest BCUT2D eigenvalue weighted by Gasteiger charge is 2.28. The number of rotatable bonds is 4. The van der Waals surface area contributed by atoms with Crippen molar-refractivity contribution in [1.29, 1.82) is 0 Å². The van der Waals surface area contributed by atoms with Crippen molar-refractivity contribution in [2.75, 3.05) is 9.80 Å². The zero-order valence-corrected chi connectivity index (χ0v) is 27.0. The van der Waals surface area contributed by atoms with E-state index in [0.717, 1.165) is 68.2 Å². The number of hydrogen-bond donors (Lipinski definition) is 0. The highest BCUT2D eigenvalue weighted by atomic mass is 16.5. The van der Waals surface area contributed by atoms with Crippen LogP contribution in [0.25, 0.3) is 33.0 Å². The van der Waals surface area contributed by atoms with E-state index in [1.807, 2.05) is 24.3 Å². The van der Waals surface area contributed by atoms with Crippen LogP contribution in [0.4, 0.5) is 34.1 Å². The summed E-state index contributed by atoms with van der Waals surface area (Å²) in [5.41, 5.74) is 10.8. The molecule has 0 radical (unpaired) electrons. The first kappa shape index (κ1) is 28.3. The molecule has 0 spiro atoms. The van der Waals surface area contributed by atoms with Gasteiger partial charge in [-0.25, -0.2) is 0 Å². The first-order valence-electron chi connectivity index (χ1n) is 16.8. The van der Waals surface area contributed by atoms with E-state index < -0.39 is 0 Å². The standard InChI is InChI=1S/C46H30N2O2/c1-3-13-33(14-4-1)47-39-19-9-11-21-43(39)49-45-27-23-31(29-41(45)47)35-25-26-36(38-18-8-7-17-37(35)38)32-24-28-46-42(30-32)48(34-15-5-2-6-16-34)40-20-10-12-22-44(40)50-46/h1-30H. The van der Waals surface area contributed by atoms with Gasteiger partial charge in [0.15, 0.2) is 23.0 Å². The predicted octanol–water partition coefficient (Wildman–Crippen LogP) is 13.3. The summed E-state index contributed by atoms with van der Waals surface area (Å²) in [5.74, 6) is 3.35. The van der Waals surface area contributed by atoms with Crippen LogP contribution in [0.1, 0.15) is 0 Å². The molecule has 8 aromatic rings. The van der Waals surface area contributed by atoms with E-state index in [0.29, 0.717) is 0 Å². The highest BCUT2D eigenvalue weighted by Crippen LogP contribution is 2.53. The van der Waals surface area contributed by atoms with Gasteiger partial charge in [-0.3, -0.25) is 0 Å². The molecule has 0 saturated carbocycles. The third kappa shape index (κ3) is 4.54. The van der Waals surface area contributed by atoms with Crippen LogP contribution in [0.3, 0.4) is 0 Å². The first-order chi connectivity index (χ1) is 24.8. The first-order valence-corrected chi connectivity index (χ1v) is 16.8. The fourth-order valence-corrected chi connectivity index (χ4v) is 7.36. The van der Waals surface area contributed by atoms with Crippen molar-refractivity contribution in [1.82, 2.24) is 0 Å². The van der Waals surface area contributed by atoms with Gasteiger partial charge in [0.05, 0.1) is 22.7 Å². The summed E-state index contributed by atoms with van der Waals surface area (Å²) in [6.45, 7) is 0. The van der Waals surface area contributed by atoms with Crippen LogP contribution in [0.5, 0.6) is 23.0 Å². The lowest BCUT2D eigenvalue weighted by atomic mass is 9.91. The molecule has 0 fully saturated rings. The molecule has 0 amide bonds. The maximum Gasteiger partial charge on any atom is 0.151 e. The van der Waals surface area contributed by atoms with Gasteiger partial charge in [-0.1, -0.05) is 109 Å². The Labute approximate surface area is 290 Å². The Morgan fingerprint density at radius 1 is 0.300 bits per heavy atom. The Kier molecular flexibility index (Phi) is 6.46. The third-order valence-corrected chi connectivity index (χ3v) is 9.63. The molecule has 50 heavy (non-hydrogen) atoms. The molecule has 0 aromatic heterocycles. The molecule has 4 heteroatoms. The SMILES string of the molecule is c1ccc(N2c3ccccc3Oc3ccc(-c4ccc(-c5ccc6c(c5)N(c5ccccc5)c5ccccc5O6)c5ccccc45)cc32)cc1. The average Bonchev–Trinajstić information content (AvgIpc) is 3.19. The van der Waals surface area contributed by atoms with E-state index in [1.165, 1.54) is 21.9 Å². The third-order valence-electron chi connectivity index (χ3n) is 9.63. The zero-order chi connectivity index (χ0) is 33.0. The van der Waals surface area contributed by atoms with Crippen LogP contribution in [-0.2, 0) is 0 Å². The summed E-state index contributed by atoms with van der Waals surface area (Å²) in [5, 5.41) is 2.38. The van der Waals surface area contributed by atoms with Crippen LogP contribution in [0.15, 0.2) is 182 Å². The number of fused-ring (bicyclic) bond motifs is 5. The fourth-order valence-electron chi connectivity index (χ4n) is 7.36. The second kappa shape index (κ2) is 11.4. The van der Waals surface area contributed by atoms with Crippen molar-refractivity contribution < 1.29 is 9.47 Å². The van der Waals surface area contributed by atoms with Crippen LogP contribution >= 0.6 is 0 Å². The molecular weight excluding hydrogens is 613 g/mol. The van der Waals surface area contributed by atoms with E-state index in [1.54, 1.807) is 0 Å². The summed E-state index contributed by atoms with van der Waals surface area (Å²) < 4.78 is 12.9. The van der Waals surface area contributed by atoms with Gasteiger partial charge in [0.1, 0.15) is 0 Å². The van der Waals surface area contributed by atoms with Gasteiger partial charge in [0, 0.05) is 11.4 Å². The van der Waals surface area contributed by atoms with Gasteiger partial charge in [-0.2, -0.15) is 0 Å². The number of hydrogen-bond acceptors (Lipinski definition) is 4. The minimum absolute atomic E-state index is 0.832. The smallest absolute Gasteiger partial charge is 0.151 e. The van der Waals surface area contributed by atoms with E-state index in [4.69, 9.17) is 9.47 Å². The van der Waals surface area contributed by atoms with E-state index in [2.05, 4.69) is 168 Å². The quantitative estimate of drug-likeness (QED) is 0.191. The Hall–Kier alpha value is -6.78. The lowest BCUT2D eigenvalue weighted by molar-refractivity contribution is 0.477. The molecule has 2 aliphatic rings. The Bertz CT molecular complexity index is 2380. The van der Waals surface area contributed by atoms with Crippen molar-refractivity contribution in [3.63, 3.8) is 0 Å². The molecule has 8 aromatic carbocycles. The summed E-state index contributed by atoms with van der Waals surface area (Å²) >= 11 is 0. The number of ether oxygens (including phenoxy) is 2. The van der Waals surface area contributed by atoms with Crippen LogP contribution in [-0.4, -0.2) is 0 Å². The zero-order valence-electron chi connectivity index (χ0n) is 27.0. The van der Waals surface area contributed by atoms with E-state index in [9.17, 15) is 0 Å². The van der Waals surface area contributed by atoms with Crippen molar-refractivity contribution in [3.8, 4) is 45.3 Å². The molecule has 236 valence electrons. The molecule has 0 N–H and O–H groups in total. The van der Waals surface area contributed by atoms with Gasteiger partial charge in [-0.15, -0.1) is 0 Å². The van der Waals surface area contributed by atoms with Gasteiger partial charge in [0.25, 0.3) is 0 Å². The summed E-state index contributed by atoms with van der Waals surface area (Å²) in [7, 11) is 0. The lowest BCUT2D eigenvalue weighted by Crippen LogP contribution is -2.15. The maximum absolute atomic E-state index is 6.44. The number of nitrogens with zero attached hydrogens (tertiary/aromatic N) is 2. The fraction of sp³-hybridized carbons (Fsp3) is 0. The largest absolute Gasteiger partial charge is 0.453 e. The van der Waals surface area contributed by atoms with E-state index in [-0.39, 0.29) is 0 Å². The minimum Gasteiger partial charge on any atom is -0.453 e. The number of para-hydroxylation sites is 6. The van der Waals surface area contributed by atoms with E-state index >= 15 is 0 Å². The second-order valence-electron chi connectivity index (χ2n) is 12.6. The normalized spacial score (nSPS) is 12.6. The molecule has 0 aliphatic carbocycles. The van der Waals surface area contributed by atoms with Crippen LogP contribution in [0, 0.1) is 0 Å². The molecule has 2 aliphatic heterocycles. The number of benzene rings is 8. The molecule has 10 rings (SSSR count). The van der Waals surface area contributed by atoms with Gasteiger partial charge in [0.2, 0.25) is 0 Å². The molecular formula is C46H30N2O2. The lowest BCUT2D eigenvalue weighted by Gasteiger charge is -2.33. The highest BCUT2D eigenvalue weighted by molar-refractivity contribution is 6.06. The van der Waals surface area contributed by atoms with Crippen molar-refractivity contribution in [2.45, 2.75) is 0 Å². The Morgan fingerprint density at radius 2 is 0.680 bits per heavy atom. The van der Waals surface area contributed by atoms with Crippen molar-refractivity contribution in [3.05, 3.63) is 182 Å². The van der Waals surface area contributed by atoms with Gasteiger partial charge < -0.3 is 19.3 Å². The summed E-state index contributed by atoms with van der Waals surface area (Å²) in [6, 6.07) is 63.7. The summed E-state index contributed by atoms with van der Waals surface area (Å²) in [4.78, 5) is 4.58. The molecule has 0 atom stereocenters. The summed E-state index contributed by atoms with van der Waals surface area (Å²) in [6.07, 6.45) is 0. The van der Waals surface area contributed by atoms with Crippen LogP contribution < -0.4 is 19.3 Å². The van der Waals surface area contributed by atoms with Gasteiger partial charge >= 0.3 is 0 Å². The monoisotopic (exact) mass is 642 g/mol. The molecule has 0 bridgehead atoms.